The Balaban J connectivity index is 1.23. The van der Waals surface area contributed by atoms with Gasteiger partial charge in [0.05, 0.1) is 34.8 Å². The first kappa shape index (κ1) is 35.1. The van der Waals surface area contributed by atoms with Crippen LogP contribution in [0.3, 0.4) is 0 Å². The van der Waals surface area contributed by atoms with Crippen molar-refractivity contribution < 1.29 is 37.6 Å². The molecule has 13 heteroatoms. The van der Waals surface area contributed by atoms with Crippen molar-refractivity contribution in [2.45, 2.75) is 75.3 Å². The standard InChI is InChI=1S/C41H42F3N5O5/c1-3-29-32(43)8-5-23-14-28(52)15-30(33(23)29)34-36(44)37-35(31-13-22(2)54-38(31)34)39(47-18-25-6-7-26(19-47)49(25)12-9-27(51)20-50)46-40(45-37)53-21-41-10-4-11-48(41)17-24(42)16-41/h1,5,8,13-15,24-27,50-52H,4,6-7,9-12,16-21H2,2H3/t24-,25?,26?,27?,41+/m1/s1. The number of aromatic nitrogens is 2. The highest BCUT2D eigenvalue weighted by atomic mass is 19.1. The number of halogens is 3. The molecule has 10 nitrogen and oxygen atoms in total. The number of benzene rings is 3. The molecule has 0 aliphatic carbocycles. The third-order valence-corrected chi connectivity index (χ3v) is 12.2. The van der Waals surface area contributed by atoms with Gasteiger partial charge in [-0.15, -0.1) is 6.42 Å². The fraction of sp³-hybridized carbons (Fsp3) is 0.463. The second-order valence-electron chi connectivity index (χ2n) is 15.5. The lowest BCUT2D eigenvalue weighted by Gasteiger charge is -2.42. The molecule has 54 heavy (non-hydrogen) atoms. The predicted molar refractivity (Wildman–Crippen MR) is 198 cm³/mol. The van der Waals surface area contributed by atoms with Crippen molar-refractivity contribution in [2.24, 2.45) is 0 Å². The average Bonchev–Trinajstić information content (AvgIpc) is 3.87. The van der Waals surface area contributed by atoms with E-state index in [0.717, 1.165) is 32.2 Å². The number of nitrogens with zero attached hydrogens (tertiary/aromatic N) is 5. The Morgan fingerprint density at radius 3 is 2.67 bits per heavy atom. The second-order valence-corrected chi connectivity index (χ2v) is 15.5. The Bertz CT molecular complexity index is 2330. The van der Waals surface area contributed by atoms with Crippen LogP contribution in [0.5, 0.6) is 11.8 Å². The molecular formula is C41H42F3N5O5. The Kier molecular flexibility index (Phi) is 8.65. The van der Waals surface area contributed by atoms with Crippen LogP contribution in [-0.2, 0) is 0 Å². The average molecular weight is 742 g/mol. The molecule has 0 amide bonds. The number of terminal acetylenes is 1. The summed E-state index contributed by atoms with van der Waals surface area (Å²) in [6, 6.07) is 7.54. The zero-order valence-corrected chi connectivity index (χ0v) is 30.0. The van der Waals surface area contributed by atoms with Crippen molar-refractivity contribution in [3.63, 3.8) is 0 Å². The van der Waals surface area contributed by atoms with Crippen LogP contribution in [0.2, 0.25) is 0 Å². The van der Waals surface area contributed by atoms with Gasteiger partial charge in [0.2, 0.25) is 0 Å². The van der Waals surface area contributed by atoms with Crippen molar-refractivity contribution in [2.75, 3.05) is 50.8 Å². The first-order valence-electron chi connectivity index (χ1n) is 18.7. The van der Waals surface area contributed by atoms with Gasteiger partial charge in [-0.25, -0.2) is 13.2 Å². The van der Waals surface area contributed by atoms with E-state index in [-0.39, 0.29) is 70.2 Å². The minimum atomic E-state index is -0.959. The molecule has 0 saturated carbocycles. The summed E-state index contributed by atoms with van der Waals surface area (Å²) in [5.74, 6) is 1.78. The van der Waals surface area contributed by atoms with E-state index in [1.165, 1.54) is 24.3 Å². The van der Waals surface area contributed by atoms with Gasteiger partial charge in [-0.2, -0.15) is 9.97 Å². The molecule has 9 rings (SSSR count). The van der Waals surface area contributed by atoms with Crippen molar-refractivity contribution in [3.05, 3.63) is 53.3 Å². The molecule has 2 bridgehead atoms. The minimum Gasteiger partial charge on any atom is -0.508 e. The molecule has 4 fully saturated rings. The van der Waals surface area contributed by atoms with Crippen LogP contribution in [0.25, 0.3) is 43.8 Å². The van der Waals surface area contributed by atoms with E-state index in [9.17, 15) is 19.7 Å². The molecule has 3 N–H and O–H groups in total. The fourth-order valence-electron chi connectivity index (χ4n) is 9.80. The van der Waals surface area contributed by atoms with Crippen LogP contribution < -0.4 is 9.64 Å². The smallest absolute Gasteiger partial charge is 0.319 e. The van der Waals surface area contributed by atoms with Gasteiger partial charge < -0.3 is 29.4 Å². The number of aliphatic hydroxyl groups is 2. The zero-order chi connectivity index (χ0) is 37.5. The van der Waals surface area contributed by atoms with E-state index in [1.54, 1.807) is 13.0 Å². The molecule has 4 aliphatic heterocycles. The summed E-state index contributed by atoms with van der Waals surface area (Å²) >= 11 is 0. The van der Waals surface area contributed by atoms with Crippen LogP contribution in [0.4, 0.5) is 19.0 Å². The number of aromatic hydroxyl groups is 1. The number of hydrogen-bond donors (Lipinski definition) is 3. The van der Waals surface area contributed by atoms with Gasteiger partial charge >= 0.3 is 6.01 Å². The Hall–Kier alpha value is -4.61. The van der Waals surface area contributed by atoms with Crippen molar-refractivity contribution in [1.29, 1.82) is 0 Å². The number of hydrogen-bond acceptors (Lipinski definition) is 10. The van der Waals surface area contributed by atoms with E-state index >= 15 is 8.78 Å². The number of phenols is 1. The number of furan rings is 1. The van der Waals surface area contributed by atoms with Crippen molar-refractivity contribution in [1.82, 2.24) is 19.8 Å². The minimum absolute atomic E-state index is 0.0341. The highest BCUT2D eigenvalue weighted by molar-refractivity contribution is 6.18. The monoisotopic (exact) mass is 741 g/mol. The van der Waals surface area contributed by atoms with E-state index < -0.39 is 29.4 Å². The molecule has 282 valence electrons. The number of alkyl halides is 1. The second kappa shape index (κ2) is 13.3. The summed E-state index contributed by atoms with van der Waals surface area (Å²) < 4.78 is 60.3. The molecular weight excluding hydrogens is 699 g/mol. The largest absolute Gasteiger partial charge is 0.508 e. The number of phenolic OH excluding ortho intramolecular Hbond substituents is 1. The van der Waals surface area contributed by atoms with E-state index in [0.29, 0.717) is 66.8 Å². The third-order valence-electron chi connectivity index (χ3n) is 12.2. The zero-order valence-electron chi connectivity index (χ0n) is 30.0. The summed E-state index contributed by atoms with van der Waals surface area (Å²) in [5, 5.41) is 32.0. The van der Waals surface area contributed by atoms with E-state index in [1.807, 2.05) is 0 Å². The molecule has 5 atom stereocenters. The number of rotatable bonds is 9. The Morgan fingerprint density at radius 2 is 1.91 bits per heavy atom. The Labute approximate surface area is 310 Å². The molecule has 6 heterocycles. The SMILES string of the molecule is C#Cc1c(F)ccc2cc(O)cc(-c3c(F)c4nc(OC[C@@]56CCCN5C[C@H](F)C6)nc(N5CC6CCC(C5)N6CCC(O)CO)c4c4cc(C)oc34)c12. The lowest BCUT2D eigenvalue weighted by atomic mass is 9.91. The topological polar surface area (TPSA) is 119 Å². The number of aliphatic hydroxyl groups excluding tert-OH is 2. The first-order valence-corrected chi connectivity index (χ1v) is 18.7. The fourth-order valence-corrected chi connectivity index (χ4v) is 9.80. The maximum atomic E-state index is 17.7. The normalized spacial score (nSPS) is 24.9. The van der Waals surface area contributed by atoms with E-state index in [4.69, 9.17) is 25.5 Å². The lowest BCUT2D eigenvalue weighted by Crippen LogP contribution is -2.54. The van der Waals surface area contributed by atoms with Gasteiger partial charge in [-0.3, -0.25) is 9.80 Å². The summed E-state index contributed by atoms with van der Waals surface area (Å²) in [7, 11) is 0. The highest BCUT2D eigenvalue weighted by Crippen LogP contribution is 2.47. The van der Waals surface area contributed by atoms with Crippen LogP contribution in [-0.4, -0.2) is 111 Å². The van der Waals surface area contributed by atoms with Gasteiger partial charge in [-0.05, 0) is 75.2 Å². The molecule has 4 aliphatic rings. The Morgan fingerprint density at radius 1 is 1.11 bits per heavy atom. The number of piperazine rings is 1. The van der Waals surface area contributed by atoms with Crippen molar-refractivity contribution >= 4 is 38.5 Å². The molecule has 3 aromatic carbocycles. The van der Waals surface area contributed by atoms with Gasteiger partial charge in [0.25, 0.3) is 0 Å². The maximum absolute atomic E-state index is 17.7. The molecule has 2 aromatic heterocycles. The summed E-state index contributed by atoms with van der Waals surface area (Å²) in [4.78, 5) is 16.4. The summed E-state index contributed by atoms with van der Waals surface area (Å²) in [5.41, 5.74) is -0.314. The number of anilines is 1. The highest BCUT2D eigenvalue weighted by Gasteiger charge is 2.49. The van der Waals surface area contributed by atoms with Gasteiger partial charge in [0.15, 0.2) is 5.82 Å². The summed E-state index contributed by atoms with van der Waals surface area (Å²) in [6.45, 7) is 4.52. The van der Waals surface area contributed by atoms with Gasteiger partial charge in [0, 0.05) is 61.0 Å². The molecule has 4 saturated heterocycles. The van der Waals surface area contributed by atoms with Gasteiger partial charge in [0.1, 0.15) is 47.0 Å². The quantitative estimate of drug-likeness (QED) is 0.160. The predicted octanol–water partition coefficient (Wildman–Crippen LogP) is 5.82. The molecule has 3 unspecified atom stereocenters. The lowest BCUT2D eigenvalue weighted by molar-refractivity contribution is 0.0665. The van der Waals surface area contributed by atoms with Crippen LogP contribution in [0.1, 0.15) is 49.8 Å². The number of aryl methyl sites for hydroxylation is 1. The molecule has 5 aromatic rings. The maximum Gasteiger partial charge on any atom is 0.319 e. The number of fused-ring (bicyclic) bond motifs is 7. The van der Waals surface area contributed by atoms with Crippen LogP contribution in [0.15, 0.2) is 34.7 Å². The van der Waals surface area contributed by atoms with Crippen LogP contribution in [0, 0.1) is 30.9 Å². The third kappa shape index (κ3) is 5.65. The summed E-state index contributed by atoms with van der Waals surface area (Å²) in [6.07, 6.45) is 8.43. The van der Waals surface area contributed by atoms with Crippen LogP contribution >= 0.6 is 0 Å². The van der Waals surface area contributed by atoms with Crippen molar-refractivity contribution in [3.8, 4) is 35.2 Å². The molecule has 0 spiro atoms. The molecule has 0 radical (unpaired) electrons. The number of ether oxygens (including phenoxy) is 1. The van der Waals surface area contributed by atoms with Gasteiger partial charge in [-0.1, -0.05) is 12.0 Å². The first-order chi connectivity index (χ1) is 26.1. The van der Waals surface area contributed by atoms with E-state index in [2.05, 4.69) is 20.6 Å².